The Bertz CT molecular complexity index is 2030. The lowest BCUT2D eigenvalue weighted by molar-refractivity contribution is 0.467. The Morgan fingerprint density at radius 3 is 1.47 bits per heavy atom. The van der Waals surface area contributed by atoms with Crippen LogP contribution in [0.5, 0.6) is 0 Å². The van der Waals surface area contributed by atoms with Crippen LogP contribution in [-0.2, 0) is 5.41 Å². The van der Waals surface area contributed by atoms with Gasteiger partial charge in [0.15, 0.2) is 0 Å². The summed E-state index contributed by atoms with van der Waals surface area (Å²) in [7, 11) is 0. The summed E-state index contributed by atoms with van der Waals surface area (Å²) < 4.78 is 2.37. The number of fused-ring (bicyclic) bond motifs is 4. The van der Waals surface area contributed by atoms with E-state index in [1.165, 1.54) is 66.7 Å². The molecule has 6 aromatic carbocycles. The van der Waals surface area contributed by atoms with Gasteiger partial charge in [0.1, 0.15) is 0 Å². The fraction of sp³-hybridized carbons (Fsp3) is 0.122. The van der Waals surface area contributed by atoms with Crippen LogP contribution in [0.3, 0.4) is 0 Å². The fourth-order valence-electron chi connectivity index (χ4n) is 6.89. The molecule has 0 amide bonds. The normalized spacial score (nSPS) is 14.2. The summed E-state index contributed by atoms with van der Waals surface area (Å²) in [4.78, 5) is 2.47. The predicted molar refractivity (Wildman–Crippen MR) is 183 cm³/mol. The Hall–Kier alpha value is -5.08. The van der Waals surface area contributed by atoms with Gasteiger partial charge in [-0.3, -0.25) is 0 Å². The molecule has 1 aliphatic rings. The van der Waals surface area contributed by atoms with E-state index in [4.69, 9.17) is 0 Å². The van der Waals surface area contributed by atoms with E-state index in [1.807, 2.05) is 0 Å². The smallest absolute Gasteiger partial charge is 0.0541 e. The van der Waals surface area contributed by atoms with E-state index < -0.39 is 0 Å². The van der Waals surface area contributed by atoms with E-state index in [-0.39, 0.29) is 5.41 Å². The second kappa shape index (κ2) is 10.0. The first-order valence-electron chi connectivity index (χ1n) is 15.2. The van der Waals surface area contributed by atoms with Crippen LogP contribution in [-0.4, -0.2) is 11.1 Å². The molecular formula is C41H34N2. The van der Waals surface area contributed by atoms with Crippen molar-refractivity contribution in [3.05, 3.63) is 151 Å². The number of rotatable bonds is 4. The molecule has 8 rings (SSSR count). The minimum Gasteiger partial charge on any atom is -0.341 e. The first-order valence-corrected chi connectivity index (χ1v) is 15.2. The molecule has 1 aliphatic heterocycles. The summed E-state index contributed by atoms with van der Waals surface area (Å²) in [6, 6.07) is 53.1. The Balaban J connectivity index is 1.05. The van der Waals surface area contributed by atoms with Gasteiger partial charge in [-0.1, -0.05) is 117 Å². The van der Waals surface area contributed by atoms with Crippen molar-refractivity contribution in [2.45, 2.75) is 25.7 Å². The van der Waals surface area contributed by atoms with Gasteiger partial charge in [-0.2, -0.15) is 0 Å². The van der Waals surface area contributed by atoms with Gasteiger partial charge in [0.25, 0.3) is 0 Å². The molecule has 0 fully saturated rings. The lowest BCUT2D eigenvalue weighted by Gasteiger charge is -2.40. The maximum atomic E-state index is 2.47. The third-order valence-electron chi connectivity index (χ3n) is 9.32. The maximum Gasteiger partial charge on any atom is 0.0541 e. The molecule has 0 unspecified atom stereocenters. The lowest BCUT2D eigenvalue weighted by atomic mass is 9.77. The van der Waals surface area contributed by atoms with Crippen molar-refractivity contribution in [2.75, 3.05) is 11.4 Å². The zero-order chi connectivity index (χ0) is 29.0. The predicted octanol–water partition coefficient (Wildman–Crippen LogP) is 10.9. The highest BCUT2D eigenvalue weighted by atomic mass is 15.1. The molecule has 0 N–H and O–H groups in total. The van der Waals surface area contributed by atoms with Gasteiger partial charge in [0, 0.05) is 34.4 Å². The Labute approximate surface area is 253 Å². The molecule has 0 saturated carbocycles. The number of hydrogen-bond acceptors (Lipinski definition) is 1. The zero-order valence-corrected chi connectivity index (χ0v) is 24.7. The molecule has 0 aliphatic carbocycles. The Morgan fingerprint density at radius 2 is 0.907 bits per heavy atom. The second-order valence-electron chi connectivity index (χ2n) is 12.3. The Kier molecular flexibility index (Phi) is 5.97. The van der Waals surface area contributed by atoms with E-state index in [2.05, 4.69) is 169 Å². The first kappa shape index (κ1) is 25.6. The number of aromatic nitrogens is 1. The SMILES string of the molecule is CC1(C)CCN(c2ccc(-c3ccc(-c4ccc(-n5c6ccccc6c6ccccc65)cc4)cc3)cc2)c2ccccc21. The molecule has 1 aromatic heterocycles. The van der Waals surface area contributed by atoms with E-state index in [9.17, 15) is 0 Å². The van der Waals surface area contributed by atoms with Crippen LogP contribution in [0.4, 0.5) is 11.4 Å². The quantitative estimate of drug-likeness (QED) is 0.210. The van der Waals surface area contributed by atoms with Crippen LogP contribution < -0.4 is 4.90 Å². The molecule has 2 nitrogen and oxygen atoms in total. The summed E-state index contributed by atoms with van der Waals surface area (Å²) in [5.74, 6) is 0. The van der Waals surface area contributed by atoms with Gasteiger partial charge in [0.05, 0.1) is 11.0 Å². The summed E-state index contributed by atoms with van der Waals surface area (Å²) in [5.41, 5.74) is 12.8. The van der Waals surface area contributed by atoms with Crippen molar-refractivity contribution in [3.63, 3.8) is 0 Å². The molecule has 208 valence electrons. The summed E-state index contributed by atoms with van der Waals surface area (Å²) in [6.45, 7) is 5.75. The molecule has 2 heterocycles. The van der Waals surface area contributed by atoms with Crippen LogP contribution in [0.25, 0.3) is 49.7 Å². The van der Waals surface area contributed by atoms with Gasteiger partial charge in [-0.25, -0.2) is 0 Å². The number of benzene rings is 6. The molecule has 0 atom stereocenters. The monoisotopic (exact) mass is 554 g/mol. The fourth-order valence-corrected chi connectivity index (χ4v) is 6.89. The molecular weight excluding hydrogens is 520 g/mol. The van der Waals surface area contributed by atoms with Gasteiger partial charge >= 0.3 is 0 Å². The molecule has 7 aromatic rings. The van der Waals surface area contributed by atoms with Crippen molar-refractivity contribution in [1.29, 1.82) is 0 Å². The van der Waals surface area contributed by atoms with Crippen LogP contribution >= 0.6 is 0 Å². The highest BCUT2D eigenvalue weighted by Crippen LogP contribution is 2.43. The summed E-state index contributed by atoms with van der Waals surface area (Å²) in [6.07, 6.45) is 1.15. The van der Waals surface area contributed by atoms with E-state index in [0.717, 1.165) is 13.0 Å². The molecule has 43 heavy (non-hydrogen) atoms. The number of hydrogen-bond donors (Lipinski definition) is 0. The number of nitrogens with zero attached hydrogens (tertiary/aromatic N) is 2. The second-order valence-corrected chi connectivity index (χ2v) is 12.3. The highest BCUT2D eigenvalue weighted by Gasteiger charge is 2.31. The van der Waals surface area contributed by atoms with E-state index >= 15 is 0 Å². The standard InChI is InChI=1S/C41H34N2/c1-41(2)27-28-42(40-14-8-5-11-37(40)41)33-23-19-31(20-24-33)29-15-17-30(18-16-29)32-21-25-34(26-22-32)43-38-12-6-3-9-35(38)36-10-4-7-13-39(36)43/h3-26H,27-28H2,1-2H3. The van der Waals surface area contributed by atoms with Crippen molar-refractivity contribution in [2.24, 2.45) is 0 Å². The van der Waals surface area contributed by atoms with Gasteiger partial charge < -0.3 is 9.47 Å². The highest BCUT2D eigenvalue weighted by molar-refractivity contribution is 6.09. The Morgan fingerprint density at radius 1 is 0.465 bits per heavy atom. The summed E-state index contributed by atoms with van der Waals surface area (Å²) in [5, 5.41) is 2.57. The van der Waals surface area contributed by atoms with Crippen LogP contribution in [0, 0.1) is 0 Å². The average molecular weight is 555 g/mol. The maximum absolute atomic E-state index is 2.47. The topological polar surface area (TPSA) is 8.17 Å². The van der Waals surface area contributed by atoms with E-state index in [0.29, 0.717) is 0 Å². The number of anilines is 2. The molecule has 0 spiro atoms. The van der Waals surface area contributed by atoms with Gasteiger partial charge in [0.2, 0.25) is 0 Å². The summed E-state index contributed by atoms with van der Waals surface area (Å²) >= 11 is 0. The molecule has 0 saturated heterocycles. The van der Waals surface area contributed by atoms with Gasteiger partial charge in [-0.05, 0) is 82.1 Å². The third kappa shape index (κ3) is 4.33. The van der Waals surface area contributed by atoms with Crippen LogP contribution in [0.2, 0.25) is 0 Å². The average Bonchev–Trinajstić information content (AvgIpc) is 3.40. The molecule has 0 radical (unpaired) electrons. The lowest BCUT2D eigenvalue weighted by Crippen LogP contribution is -2.34. The molecule has 0 bridgehead atoms. The van der Waals surface area contributed by atoms with Crippen molar-refractivity contribution < 1.29 is 0 Å². The largest absolute Gasteiger partial charge is 0.341 e. The van der Waals surface area contributed by atoms with Crippen molar-refractivity contribution in [3.8, 4) is 27.9 Å². The van der Waals surface area contributed by atoms with Crippen molar-refractivity contribution in [1.82, 2.24) is 4.57 Å². The minimum atomic E-state index is 0.208. The molecule has 2 heteroatoms. The van der Waals surface area contributed by atoms with Crippen LogP contribution in [0.1, 0.15) is 25.8 Å². The van der Waals surface area contributed by atoms with E-state index in [1.54, 1.807) is 0 Å². The zero-order valence-electron chi connectivity index (χ0n) is 24.7. The third-order valence-corrected chi connectivity index (χ3v) is 9.32. The first-order chi connectivity index (χ1) is 21.1. The number of para-hydroxylation sites is 3. The van der Waals surface area contributed by atoms with Crippen molar-refractivity contribution >= 4 is 33.2 Å². The van der Waals surface area contributed by atoms with Crippen LogP contribution in [0.15, 0.2) is 146 Å². The van der Waals surface area contributed by atoms with Gasteiger partial charge in [-0.15, -0.1) is 0 Å². The minimum absolute atomic E-state index is 0.208.